The first kappa shape index (κ1) is 13.6. The Labute approximate surface area is 135 Å². The fourth-order valence-corrected chi connectivity index (χ4v) is 3.57. The van der Waals surface area contributed by atoms with Crippen LogP contribution in [-0.4, -0.2) is 23.6 Å². The second-order valence-corrected chi connectivity index (χ2v) is 5.83. The van der Waals surface area contributed by atoms with Crippen LogP contribution in [0.25, 0.3) is 10.2 Å². The third-order valence-electron chi connectivity index (χ3n) is 3.54. The molecule has 0 fully saturated rings. The van der Waals surface area contributed by atoms with Gasteiger partial charge in [-0.2, -0.15) is 0 Å². The highest BCUT2D eigenvalue weighted by Crippen LogP contribution is 2.45. The molecule has 1 aliphatic heterocycles. The van der Waals surface area contributed by atoms with Gasteiger partial charge in [0.15, 0.2) is 0 Å². The van der Waals surface area contributed by atoms with Crippen molar-refractivity contribution in [3.63, 3.8) is 0 Å². The van der Waals surface area contributed by atoms with Crippen LogP contribution in [0.3, 0.4) is 0 Å². The zero-order chi connectivity index (χ0) is 15.8. The van der Waals surface area contributed by atoms with Crippen LogP contribution in [0.15, 0.2) is 47.6 Å². The van der Waals surface area contributed by atoms with E-state index in [0.29, 0.717) is 21.8 Å². The molecule has 112 valence electrons. The standard InChI is InChI=1S/C16H10N4O2S/c21-9-19-15(22)14-13-12-11(6-7-17-16(12)23-14)20(8-18-13)10-4-2-1-3-5-10/h1-9H,(H,19,21,22). The molecule has 2 aromatic heterocycles. The number of anilines is 2. The first-order valence-corrected chi connectivity index (χ1v) is 7.65. The number of hydrogen-bond donors (Lipinski definition) is 1. The largest absolute Gasteiger partial charge is 0.300 e. The third kappa shape index (κ3) is 2.09. The second-order valence-electron chi connectivity index (χ2n) is 4.83. The Morgan fingerprint density at radius 1 is 1.22 bits per heavy atom. The molecule has 23 heavy (non-hydrogen) atoms. The fraction of sp³-hybridized carbons (Fsp3) is 0. The maximum atomic E-state index is 12.0. The minimum absolute atomic E-state index is 0.372. The predicted molar refractivity (Wildman–Crippen MR) is 89.9 cm³/mol. The van der Waals surface area contributed by atoms with Crippen molar-refractivity contribution in [2.75, 3.05) is 4.90 Å². The van der Waals surface area contributed by atoms with Gasteiger partial charge in [0.25, 0.3) is 5.91 Å². The van der Waals surface area contributed by atoms with Gasteiger partial charge in [-0.15, -0.1) is 11.3 Å². The summed E-state index contributed by atoms with van der Waals surface area (Å²) >= 11 is 1.23. The second kappa shape index (κ2) is 5.29. The lowest BCUT2D eigenvalue weighted by atomic mass is 10.1. The minimum Gasteiger partial charge on any atom is -0.300 e. The van der Waals surface area contributed by atoms with Crippen LogP contribution >= 0.6 is 11.3 Å². The monoisotopic (exact) mass is 322 g/mol. The molecule has 7 heteroatoms. The summed E-state index contributed by atoms with van der Waals surface area (Å²) in [6, 6.07) is 11.7. The molecular formula is C16H10N4O2S. The minimum atomic E-state index is -0.464. The van der Waals surface area contributed by atoms with Crippen LogP contribution in [0.5, 0.6) is 0 Å². The number of carbonyl (C=O) groups is 2. The molecule has 0 unspecified atom stereocenters. The molecule has 0 saturated heterocycles. The van der Waals surface area contributed by atoms with Gasteiger partial charge >= 0.3 is 0 Å². The Balaban J connectivity index is 1.92. The highest BCUT2D eigenvalue weighted by molar-refractivity contribution is 7.21. The predicted octanol–water partition coefficient (Wildman–Crippen LogP) is 2.99. The van der Waals surface area contributed by atoms with Crippen LogP contribution in [0.2, 0.25) is 0 Å². The summed E-state index contributed by atoms with van der Waals surface area (Å²) in [5, 5.41) is 2.98. The number of amides is 2. The molecule has 1 aliphatic rings. The SMILES string of the molecule is O=CNC(=O)c1sc2nccc3c2c1N=CN3c1ccccc1. The van der Waals surface area contributed by atoms with E-state index in [4.69, 9.17) is 0 Å². The van der Waals surface area contributed by atoms with E-state index >= 15 is 0 Å². The Bertz CT molecular complexity index is 949. The molecule has 0 aliphatic carbocycles. The number of thiophene rings is 1. The maximum absolute atomic E-state index is 12.0. The first-order valence-electron chi connectivity index (χ1n) is 6.84. The lowest BCUT2D eigenvalue weighted by Crippen LogP contribution is -2.21. The lowest BCUT2D eigenvalue weighted by molar-refractivity contribution is -0.108. The van der Waals surface area contributed by atoms with Crippen molar-refractivity contribution in [3.8, 4) is 0 Å². The summed E-state index contributed by atoms with van der Waals surface area (Å²) in [5.41, 5.74) is 2.44. The fourth-order valence-electron chi connectivity index (χ4n) is 2.56. The molecule has 3 aromatic rings. The van der Waals surface area contributed by atoms with Crippen molar-refractivity contribution in [3.05, 3.63) is 47.5 Å². The van der Waals surface area contributed by atoms with E-state index < -0.39 is 5.91 Å². The van der Waals surface area contributed by atoms with Gasteiger partial charge in [0, 0.05) is 11.9 Å². The van der Waals surface area contributed by atoms with Crippen LogP contribution < -0.4 is 10.2 Å². The van der Waals surface area contributed by atoms with E-state index in [1.54, 1.807) is 12.5 Å². The zero-order valence-corrected chi connectivity index (χ0v) is 12.6. The van der Waals surface area contributed by atoms with Crippen LogP contribution in [0, 0.1) is 0 Å². The van der Waals surface area contributed by atoms with Crippen molar-refractivity contribution >= 4 is 57.3 Å². The van der Waals surface area contributed by atoms with Crippen molar-refractivity contribution < 1.29 is 9.59 Å². The zero-order valence-electron chi connectivity index (χ0n) is 11.8. The molecule has 0 atom stereocenters. The number of rotatable bonds is 3. The number of nitrogens with zero attached hydrogens (tertiary/aromatic N) is 3. The Hall–Kier alpha value is -3.06. The van der Waals surface area contributed by atoms with Gasteiger partial charge in [0.1, 0.15) is 21.7 Å². The number of aliphatic imine (C=N–C) groups is 1. The summed E-state index contributed by atoms with van der Waals surface area (Å²) in [6.45, 7) is 0. The number of imide groups is 1. The van der Waals surface area contributed by atoms with Gasteiger partial charge in [0.2, 0.25) is 6.41 Å². The van der Waals surface area contributed by atoms with Crippen molar-refractivity contribution in [2.24, 2.45) is 4.99 Å². The van der Waals surface area contributed by atoms with E-state index in [0.717, 1.165) is 16.8 Å². The molecule has 2 amide bonds. The molecular weight excluding hydrogens is 312 g/mol. The average Bonchev–Trinajstić information content (AvgIpc) is 2.97. The number of carbonyl (C=O) groups excluding carboxylic acids is 2. The molecule has 6 nitrogen and oxygen atoms in total. The van der Waals surface area contributed by atoms with E-state index in [9.17, 15) is 9.59 Å². The van der Waals surface area contributed by atoms with E-state index in [1.807, 2.05) is 41.3 Å². The number of benzene rings is 1. The molecule has 1 N–H and O–H groups in total. The van der Waals surface area contributed by atoms with Crippen LogP contribution in [0.1, 0.15) is 9.67 Å². The molecule has 1 aromatic carbocycles. The first-order chi connectivity index (χ1) is 11.3. The van der Waals surface area contributed by atoms with Gasteiger partial charge in [-0.25, -0.2) is 9.98 Å². The highest BCUT2D eigenvalue weighted by Gasteiger charge is 2.25. The average molecular weight is 322 g/mol. The van der Waals surface area contributed by atoms with E-state index in [-0.39, 0.29) is 0 Å². The summed E-state index contributed by atoms with van der Waals surface area (Å²) in [5.74, 6) is -0.464. The number of para-hydroxylation sites is 1. The Morgan fingerprint density at radius 2 is 2.04 bits per heavy atom. The van der Waals surface area contributed by atoms with Gasteiger partial charge in [-0.1, -0.05) is 18.2 Å². The normalized spacial score (nSPS) is 12.4. The molecule has 4 rings (SSSR count). The molecule has 0 radical (unpaired) electrons. The number of pyridine rings is 1. The topological polar surface area (TPSA) is 74.7 Å². The van der Waals surface area contributed by atoms with Gasteiger partial charge in [0.05, 0.1) is 11.1 Å². The summed E-state index contributed by atoms with van der Waals surface area (Å²) in [6.07, 6.45) is 3.75. The smallest absolute Gasteiger partial charge is 0.270 e. The summed E-state index contributed by atoms with van der Waals surface area (Å²) < 4.78 is 0. The third-order valence-corrected chi connectivity index (χ3v) is 4.62. The van der Waals surface area contributed by atoms with E-state index in [1.165, 1.54) is 11.3 Å². The van der Waals surface area contributed by atoms with E-state index in [2.05, 4.69) is 15.3 Å². The molecule has 0 spiro atoms. The van der Waals surface area contributed by atoms with Gasteiger partial charge in [-0.3, -0.25) is 14.9 Å². The van der Waals surface area contributed by atoms with Crippen LogP contribution in [-0.2, 0) is 4.79 Å². The summed E-state index contributed by atoms with van der Waals surface area (Å²) in [7, 11) is 0. The van der Waals surface area contributed by atoms with Gasteiger partial charge in [-0.05, 0) is 18.2 Å². The number of aromatic nitrogens is 1. The lowest BCUT2D eigenvalue weighted by Gasteiger charge is -2.23. The number of nitrogens with one attached hydrogen (secondary N) is 1. The Morgan fingerprint density at radius 3 is 2.83 bits per heavy atom. The molecule has 3 heterocycles. The maximum Gasteiger partial charge on any atom is 0.270 e. The van der Waals surface area contributed by atoms with Crippen molar-refractivity contribution in [1.82, 2.24) is 10.3 Å². The van der Waals surface area contributed by atoms with Crippen molar-refractivity contribution in [1.29, 1.82) is 0 Å². The Kier molecular flexibility index (Phi) is 3.13. The molecule has 0 bridgehead atoms. The highest BCUT2D eigenvalue weighted by atomic mass is 32.1. The number of hydrogen-bond acceptors (Lipinski definition) is 6. The molecule has 0 saturated carbocycles. The van der Waals surface area contributed by atoms with Crippen molar-refractivity contribution in [2.45, 2.75) is 0 Å². The summed E-state index contributed by atoms with van der Waals surface area (Å²) in [4.78, 5) is 34.4. The van der Waals surface area contributed by atoms with Crippen LogP contribution in [0.4, 0.5) is 17.1 Å². The van der Waals surface area contributed by atoms with Gasteiger partial charge < -0.3 is 4.90 Å². The quantitative estimate of drug-likeness (QED) is 0.752.